The number of likely N-dealkylation sites (tertiary alicyclic amines) is 2. The summed E-state index contributed by atoms with van der Waals surface area (Å²) in [5.41, 5.74) is -1.15. The van der Waals surface area contributed by atoms with Crippen LogP contribution >= 0.6 is 0 Å². The highest BCUT2D eigenvalue weighted by Crippen LogP contribution is 2.46. The third kappa shape index (κ3) is 3.09. The molecule has 3 heterocycles. The molecule has 1 spiro atoms. The molecule has 0 unspecified atom stereocenters. The van der Waals surface area contributed by atoms with Gasteiger partial charge >= 0.3 is 0 Å². The molecular formula is C17H20F2N4O2. The van der Waals surface area contributed by atoms with Crippen molar-refractivity contribution in [2.75, 3.05) is 26.2 Å². The zero-order valence-corrected chi connectivity index (χ0v) is 13.8. The average Bonchev–Trinajstić information content (AvgIpc) is 3.36. The second-order valence-corrected chi connectivity index (χ2v) is 7.51. The molecule has 2 aliphatic heterocycles. The highest BCUT2D eigenvalue weighted by molar-refractivity contribution is 5.93. The molecule has 1 aromatic rings. The Hall–Kier alpha value is -2.12. The van der Waals surface area contributed by atoms with Gasteiger partial charge in [-0.2, -0.15) is 0 Å². The minimum atomic E-state index is -3.08. The van der Waals surface area contributed by atoms with Gasteiger partial charge in [0.1, 0.15) is 5.69 Å². The summed E-state index contributed by atoms with van der Waals surface area (Å²) in [4.78, 5) is 35.9. The maximum atomic E-state index is 14.4. The number of nitrogens with zero attached hydrogens (tertiary/aromatic N) is 4. The Morgan fingerprint density at radius 2 is 2.08 bits per heavy atom. The van der Waals surface area contributed by atoms with E-state index < -0.39 is 30.2 Å². The van der Waals surface area contributed by atoms with Crippen molar-refractivity contribution in [1.82, 2.24) is 19.8 Å². The van der Waals surface area contributed by atoms with Crippen LogP contribution in [0, 0.1) is 11.3 Å². The lowest BCUT2D eigenvalue weighted by Gasteiger charge is -2.42. The first-order chi connectivity index (χ1) is 11.9. The molecule has 0 aromatic carbocycles. The lowest BCUT2D eigenvalue weighted by molar-refractivity contribution is -0.151. The number of carbonyl (C=O) groups excluding carboxylic acids is 2. The van der Waals surface area contributed by atoms with Crippen molar-refractivity contribution < 1.29 is 18.4 Å². The predicted octanol–water partition coefficient (Wildman–Crippen LogP) is 1.59. The second-order valence-electron chi connectivity index (χ2n) is 7.51. The van der Waals surface area contributed by atoms with E-state index in [1.807, 2.05) is 0 Å². The standard InChI is InChI=1S/C17H20F2N4O2/c18-17(19)9-16(3-6-22(15(16)25)8-12-1-2-12)10-23(11-17)14(24)13-7-20-4-5-21-13/h4-5,7,12H,1-3,6,8-11H2/t16-/m0/s1. The van der Waals surface area contributed by atoms with Gasteiger partial charge in [-0.25, -0.2) is 13.8 Å². The van der Waals surface area contributed by atoms with Gasteiger partial charge in [-0.05, 0) is 25.2 Å². The fourth-order valence-corrected chi connectivity index (χ4v) is 4.01. The van der Waals surface area contributed by atoms with Gasteiger partial charge in [0.05, 0.1) is 18.2 Å². The fourth-order valence-electron chi connectivity index (χ4n) is 4.01. The van der Waals surface area contributed by atoms with E-state index in [1.165, 1.54) is 18.6 Å². The summed E-state index contributed by atoms with van der Waals surface area (Å²) in [6, 6.07) is 0. The number of halogens is 2. The topological polar surface area (TPSA) is 66.4 Å². The summed E-state index contributed by atoms with van der Waals surface area (Å²) >= 11 is 0. The zero-order valence-electron chi connectivity index (χ0n) is 13.8. The lowest BCUT2D eigenvalue weighted by Crippen LogP contribution is -2.57. The van der Waals surface area contributed by atoms with Gasteiger partial charge in [-0.3, -0.25) is 14.6 Å². The summed E-state index contributed by atoms with van der Waals surface area (Å²) in [5, 5.41) is 0. The number of piperidine rings is 1. The Balaban J connectivity index is 1.57. The molecular weight excluding hydrogens is 330 g/mol. The molecule has 0 N–H and O–H groups in total. The van der Waals surface area contributed by atoms with E-state index in [0.29, 0.717) is 25.4 Å². The van der Waals surface area contributed by atoms with Gasteiger partial charge in [-0.15, -0.1) is 0 Å². The number of hydrogen-bond donors (Lipinski definition) is 0. The number of hydrogen-bond acceptors (Lipinski definition) is 4. The van der Waals surface area contributed by atoms with E-state index in [1.54, 1.807) is 4.90 Å². The molecule has 1 atom stereocenters. The van der Waals surface area contributed by atoms with E-state index in [2.05, 4.69) is 9.97 Å². The first-order valence-corrected chi connectivity index (χ1v) is 8.61. The summed E-state index contributed by atoms with van der Waals surface area (Å²) < 4.78 is 28.8. The summed E-state index contributed by atoms with van der Waals surface area (Å²) in [7, 11) is 0. The first kappa shape index (κ1) is 16.4. The molecule has 1 aromatic heterocycles. The van der Waals surface area contributed by atoms with Gasteiger partial charge < -0.3 is 9.80 Å². The van der Waals surface area contributed by atoms with Crippen molar-refractivity contribution >= 4 is 11.8 Å². The molecule has 2 amide bonds. The summed E-state index contributed by atoms with van der Waals surface area (Å²) in [6.45, 7) is 0.501. The van der Waals surface area contributed by atoms with Crippen LogP contribution in [0.2, 0.25) is 0 Å². The van der Waals surface area contributed by atoms with Crippen molar-refractivity contribution in [2.45, 2.75) is 31.6 Å². The normalized spacial score (nSPS) is 28.6. The third-order valence-corrected chi connectivity index (χ3v) is 5.36. The average molecular weight is 350 g/mol. The van der Waals surface area contributed by atoms with Crippen molar-refractivity contribution in [3.05, 3.63) is 24.3 Å². The van der Waals surface area contributed by atoms with Crippen LogP contribution in [0.1, 0.15) is 36.2 Å². The second kappa shape index (κ2) is 5.71. The number of rotatable bonds is 3. The molecule has 134 valence electrons. The van der Waals surface area contributed by atoms with Gasteiger partial charge in [-0.1, -0.05) is 0 Å². The number of carbonyl (C=O) groups is 2. The lowest BCUT2D eigenvalue weighted by atomic mass is 9.77. The minimum Gasteiger partial charge on any atom is -0.342 e. The quantitative estimate of drug-likeness (QED) is 0.830. The first-order valence-electron chi connectivity index (χ1n) is 8.61. The van der Waals surface area contributed by atoms with Crippen molar-refractivity contribution in [3.8, 4) is 0 Å². The molecule has 1 aliphatic carbocycles. The predicted molar refractivity (Wildman–Crippen MR) is 83.9 cm³/mol. The highest BCUT2D eigenvalue weighted by atomic mass is 19.3. The molecule has 0 bridgehead atoms. The third-order valence-electron chi connectivity index (χ3n) is 5.36. The number of alkyl halides is 2. The molecule has 6 nitrogen and oxygen atoms in total. The molecule has 8 heteroatoms. The monoisotopic (exact) mass is 350 g/mol. The maximum Gasteiger partial charge on any atom is 0.274 e. The van der Waals surface area contributed by atoms with Gasteiger partial charge in [0.25, 0.3) is 11.8 Å². The van der Waals surface area contributed by atoms with Crippen LogP contribution in [0.15, 0.2) is 18.6 Å². The van der Waals surface area contributed by atoms with Crippen LogP contribution in [0.5, 0.6) is 0 Å². The van der Waals surface area contributed by atoms with Crippen LogP contribution < -0.4 is 0 Å². The molecule has 3 fully saturated rings. The maximum absolute atomic E-state index is 14.4. The summed E-state index contributed by atoms with van der Waals surface area (Å²) in [5.74, 6) is -3.39. The smallest absolute Gasteiger partial charge is 0.274 e. The Labute approximate surface area is 144 Å². The summed E-state index contributed by atoms with van der Waals surface area (Å²) in [6.07, 6.45) is 6.12. The Morgan fingerprint density at radius 1 is 1.28 bits per heavy atom. The largest absolute Gasteiger partial charge is 0.342 e. The SMILES string of the molecule is O=C(c1cnccn1)N1CC(F)(F)C[C@@]2(CCN(CC3CC3)C2=O)C1. The Bertz CT molecular complexity index is 695. The van der Waals surface area contributed by atoms with Crippen molar-refractivity contribution in [1.29, 1.82) is 0 Å². The highest BCUT2D eigenvalue weighted by Gasteiger charge is 2.58. The van der Waals surface area contributed by atoms with E-state index in [0.717, 1.165) is 17.7 Å². The minimum absolute atomic E-state index is 0.0237. The van der Waals surface area contributed by atoms with E-state index in [4.69, 9.17) is 0 Å². The van der Waals surface area contributed by atoms with Gasteiger partial charge in [0.15, 0.2) is 0 Å². The number of amides is 2. The Kier molecular flexibility index (Phi) is 3.73. The Morgan fingerprint density at radius 3 is 2.76 bits per heavy atom. The van der Waals surface area contributed by atoms with Gasteiger partial charge in [0, 0.05) is 38.4 Å². The van der Waals surface area contributed by atoms with E-state index >= 15 is 0 Å². The molecule has 1 saturated carbocycles. The molecule has 25 heavy (non-hydrogen) atoms. The van der Waals surface area contributed by atoms with E-state index in [9.17, 15) is 18.4 Å². The van der Waals surface area contributed by atoms with Crippen molar-refractivity contribution in [3.63, 3.8) is 0 Å². The van der Waals surface area contributed by atoms with Crippen molar-refractivity contribution in [2.24, 2.45) is 11.3 Å². The van der Waals surface area contributed by atoms with Gasteiger partial charge in [0.2, 0.25) is 5.91 Å². The van der Waals surface area contributed by atoms with Crippen LogP contribution in [-0.2, 0) is 4.79 Å². The molecule has 2 saturated heterocycles. The van der Waals surface area contributed by atoms with Crippen LogP contribution in [-0.4, -0.2) is 63.7 Å². The van der Waals surface area contributed by atoms with Crippen LogP contribution in [0.3, 0.4) is 0 Å². The van der Waals surface area contributed by atoms with Crippen LogP contribution in [0.25, 0.3) is 0 Å². The molecule has 3 aliphatic rings. The number of aromatic nitrogens is 2. The van der Waals surface area contributed by atoms with E-state index in [-0.39, 0.29) is 18.1 Å². The fraction of sp³-hybridized carbons (Fsp3) is 0.647. The molecule has 0 radical (unpaired) electrons. The zero-order chi connectivity index (χ0) is 17.7. The van der Waals surface area contributed by atoms with Crippen LogP contribution in [0.4, 0.5) is 8.78 Å². The molecule has 4 rings (SSSR count).